The lowest BCUT2D eigenvalue weighted by atomic mass is 9.85. The van der Waals surface area contributed by atoms with Crippen molar-refractivity contribution in [3.63, 3.8) is 0 Å². The molecule has 2 bridgehead atoms. The summed E-state index contributed by atoms with van der Waals surface area (Å²) in [4.78, 5) is 36.4. The Bertz CT molecular complexity index is 1190. The number of carbonyl (C=O) groups excluding carboxylic acids is 2. The van der Waals surface area contributed by atoms with Crippen LogP contribution in [-0.2, 0) is 9.59 Å². The van der Waals surface area contributed by atoms with E-state index in [0.29, 0.717) is 22.1 Å². The molecule has 3 aliphatic carbocycles. The molecule has 0 N–H and O–H groups in total. The van der Waals surface area contributed by atoms with E-state index in [0.717, 1.165) is 17.9 Å². The first kappa shape index (κ1) is 18.5. The molecule has 2 amide bonds. The Hall–Kier alpha value is -3.26. The van der Waals surface area contributed by atoms with Crippen molar-refractivity contribution in [2.75, 3.05) is 0 Å². The van der Waals surface area contributed by atoms with Crippen molar-refractivity contribution < 1.29 is 18.9 Å². The monoisotopic (exact) mass is 437 g/mol. The summed E-state index contributed by atoms with van der Waals surface area (Å²) in [5.41, 5.74) is 0.405. The molecule has 1 aromatic carbocycles. The zero-order valence-electron chi connectivity index (χ0n) is 16.1. The van der Waals surface area contributed by atoms with Gasteiger partial charge in [0.05, 0.1) is 28.0 Å². The molecule has 2 aromatic rings. The molecule has 1 aromatic heterocycles. The maximum absolute atomic E-state index is 12.9. The molecule has 1 aliphatic heterocycles. The quantitative estimate of drug-likeness (QED) is 0.236. The van der Waals surface area contributed by atoms with E-state index in [1.54, 1.807) is 12.1 Å². The number of nitro benzene ring substituents is 1. The van der Waals surface area contributed by atoms with Crippen molar-refractivity contribution in [1.82, 2.24) is 5.01 Å². The zero-order chi connectivity index (χ0) is 21.5. The van der Waals surface area contributed by atoms with Gasteiger partial charge in [0.1, 0.15) is 11.5 Å². The van der Waals surface area contributed by atoms with Crippen LogP contribution in [0.25, 0.3) is 11.3 Å². The standard InChI is InChI=1S/C22H16ClN3O5/c23-16-5-1-11(26(29)30)9-13(16)17-6-2-12(31-17)10-24-25-20(27)18-14-3-4-15(19(18)21(25)28)22(14)7-8-22/h1-6,9-10,14-15,18-19H,7-8H2/b24-10-/t14-,15-,18-,19+/m0/s1. The third-order valence-electron chi connectivity index (χ3n) is 7.18. The van der Waals surface area contributed by atoms with E-state index in [4.69, 9.17) is 16.0 Å². The summed E-state index contributed by atoms with van der Waals surface area (Å²) in [6.45, 7) is 0. The van der Waals surface area contributed by atoms with Crippen LogP contribution in [0.15, 0.2) is 52.0 Å². The summed E-state index contributed by atoms with van der Waals surface area (Å²) in [5, 5.41) is 16.4. The summed E-state index contributed by atoms with van der Waals surface area (Å²) in [6, 6.07) is 7.28. The number of non-ortho nitro benzene ring substituents is 1. The number of imide groups is 1. The molecular formula is C22H16ClN3O5. The average molecular weight is 438 g/mol. The first-order valence-electron chi connectivity index (χ1n) is 10.0. The molecule has 0 unspecified atom stereocenters. The molecule has 156 valence electrons. The van der Waals surface area contributed by atoms with Gasteiger partial charge in [-0.15, -0.1) is 0 Å². The molecule has 0 radical (unpaired) electrons. The van der Waals surface area contributed by atoms with Gasteiger partial charge in [-0.2, -0.15) is 10.1 Å². The SMILES string of the molecule is O=C1[C@@H]2[C@H](C(=O)N1/N=C\c1ccc(-c3cc([N+](=O)[O-])ccc3Cl)o1)[C@@H]1C=C[C@@H]2C12CC2. The number of allylic oxidation sites excluding steroid dienone is 2. The van der Waals surface area contributed by atoms with Crippen molar-refractivity contribution in [2.45, 2.75) is 12.8 Å². The smallest absolute Gasteiger partial charge is 0.270 e. The first-order valence-corrected chi connectivity index (χ1v) is 10.4. The molecule has 4 aliphatic rings. The highest BCUT2D eigenvalue weighted by Gasteiger charge is 2.73. The van der Waals surface area contributed by atoms with E-state index in [9.17, 15) is 19.7 Å². The lowest BCUT2D eigenvalue weighted by Crippen LogP contribution is -2.30. The number of carbonyl (C=O) groups is 2. The Balaban J connectivity index is 1.24. The minimum absolute atomic E-state index is 0.109. The van der Waals surface area contributed by atoms with Gasteiger partial charge in [0.25, 0.3) is 17.5 Å². The summed E-state index contributed by atoms with van der Waals surface area (Å²) in [5.74, 6) is -0.198. The van der Waals surface area contributed by atoms with Crippen LogP contribution in [0.1, 0.15) is 18.6 Å². The molecule has 1 saturated heterocycles. The Kier molecular flexibility index (Phi) is 3.66. The third kappa shape index (κ3) is 2.45. The van der Waals surface area contributed by atoms with Crippen molar-refractivity contribution >= 4 is 35.3 Å². The number of nitrogens with zero attached hydrogens (tertiary/aromatic N) is 3. The Morgan fingerprint density at radius 1 is 1.13 bits per heavy atom. The fourth-order valence-electron chi connectivity index (χ4n) is 5.67. The second-order valence-corrected chi connectivity index (χ2v) is 8.98. The minimum Gasteiger partial charge on any atom is -0.455 e. The van der Waals surface area contributed by atoms with Gasteiger partial charge in [-0.3, -0.25) is 19.7 Å². The van der Waals surface area contributed by atoms with Gasteiger partial charge in [0.2, 0.25) is 0 Å². The van der Waals surface area contributed by atoms with Gasteiger partial charge in [-0.25, -0.2) is 0 Å². The van der Waals surface area contributed by atoms with Crippen LogP contribution in [0.2, 0.25) is 5.02 Å². The van der Waals surface area contributed by atoms with Gasteiger partial charge in [0.15, 0.2) is 0 Å². The van der Waals surface area contributed by atoms with E-state index in [1.807, 2.05) is 0 Å². The van der Waals surface area contributed by atoms with Crippen LogP contribution < -0.4 is 0 Å². The number of hydrogen-bond donors (Lipinski definition) is 0. The van der Waals surface area contributed by atoms with Crippen molar-refractivity contribution in [3.05, 3.63) is 63.4 Å². The fourth-order valence-corrected chi connectivity index (χ4v) is 5.88. The summed E-state index contributed by atoms with van der Waals surface area (Å²) < 4.78 is 5.69. The van der Waals surface area contributed by atoms with E-state index >= 15 is 0 Å². The topological polar surface area (TPSA) is 106 Å². The number of amides is 2. The summed E-state index contributed by atoms with van der Waals surface area (Å²) >= 11 is 6.16. The predicted octanol–water partition coefficient (Wildman–Crippen LogP) is 4.04. The number of hydrogen-bond acceptors (Lipinski definition) is 6. The number of hydrazone groups is 1. The van der Waals surface area contributed by atoms with Gasteiger partial charge >= 0.3 is 0 Å². The van der Waals surface area contributed by atoms with E-state index in [2.05, 4.69) is 17.3 Å². The van der Waals surface area contributed by atoms with Crippen LogP contribution in [0.3, 0.4) is 0 Å². The Morgan fingerprint density at radius 2 is 1.81 bits per heavy atom. The lowest BCUT2D eigenvalue weighted by molar-refractivity contribution is -0.384. The number of halogens is 1. The number of nitro groups is 1. The van der Waals surface area contributed by atoms with E-state index < -0.39 is 4.92 Å². The van der Waals surface area contributed by atoms with Gasteiger partial charge in [-0.1, -0.05) is 23.8 Å². The van der Waals surface area contributed by atoms with E-state index in [-0.39, 0.29) is 46.6 Å². The highest BCUT2D eigenvalue weighted by atomic mass is 35.5. The van der Waals surface area contributed by atoms with Crippen molar-refractivity contribution in [3.8, 4) is 11.3 Å². The molecule has 2 saturated carbocycles. The van der Waals surface area contributed by atoms with Gasteiger partial charge < -0.3 is 4.42 Å². The molecule has 6 rings (SSSR count). The molecule has 31 heavy (non-hydrogen) atoms. The summed E-state index contributed by atoms with van der Waals surface area (Å²) in [7, 11) is 0. The maximum atomic E-state index is 12.9. The number of fused-ring (bicyclic) bond motifs is 3. The van der Waals surface area contributed by atoms with Crippen LogP contribution >= 0.6 is 11.6 Å². The number of rotatable bonds is 4. The lowest BCUT2D eigenvalue weighted by Gasteiger charge is -2.18. The number of furan rings is 1. The molecule has 9 heteroatoms. The zero-order valence-corrected chi connectivity index (χ0v) is 16.9. The van der Waals surface area contributed by atoms with E-state index in [1.165, 1.54) is 24.4 Å². The van der Waals surface area contributed by atoms with Crippen LogP contribution in [-0.4, -0.2) is 28.0 Å². The highest BCUT2D eigenvalue weighted by Crippen LogP contribution is 2.73. The second kappa shape index (κ2) is 6.13. The molecular weight excluding hydrogens is 422 g/mol. The van der Waals surface area contributed by atoms with Crippen molar-refractivity contribution in [1.29, 1.82) is 0 Å². The largest absolute Gasteiger partial charge is 0.455 e. The molecule has 8 nitrogen and oxygen atoms in total. The third-order valence-corrected chi connectivity index (χ3v) is 7.51. The highest BCUT2D eigenvalue weighted by molar-refractivity contribution is 6.33. The second-order valence-electron chi connectivity index (χ2n) is 8.58. The predicted molar refractivity (Wildman–Crippen MR) is 110 cm³/mol. The average Bonchev–Trinajstić information content (AvgIpc) is 3.03. The van der Waals surface area contributed by atoms with Gasteiger partial charge in [0, 0.05) is 17.7 Å². The number of benzene rings is 1. The normalized spacial score (nSPS) is 29.5. The molecule has 4 atom stereocenters. The van der Waals surface area contributed by atoms with Crippen LogP contribution in [0.5, 0.6) is 0 Å². The fraction of sp³-hybridized carbons (Fsp3) is 0.318. The van der Waals surface area contributed by atoms with Crippen LogP contribution in [0.4, 0.5) is 5.69 Å². The Labute approximate surface area is 181 Å². The van der Waals surface area contributed by atoms with Crippen LogP contribution in [0, 0.1) is 39.2 Å². The molecule has 2 heterocycles. The minimum atomic E-state index is -0.514. The van der Waals surface area contributed by atoms with Crippen molar-refractivity contribution in [2.24, 2.45) is 34.2 Å². The summed E-state index contributed by atoms with van der Waals surface area (Å²) in [6.07, 6.45) is 7.70. The first-order chi connectivity index (χ1) is 14.9. The van der Waals surface area contributed by atoms with Gasteiger partial charge in [-0.05, 0) is 48.3 Å². The molecule has 3 fully saturated rings. The Morgan fingerprint density at radius 3 is 2.42 bits per heavy atom. The molecule has 1 spiro atoms. The maximum Gasteiger partial charge on any atom is 0.270 e.